The van der Waals surface area contributed by atoms with Crippen LogP contribution in [-0.2, 0) is 4.79 Å². The molecule has 6 nitrogen and oxygen atoms in total. The van der Waals surface area contributed by atoms with E-state index >= 15 is 0 Å². The van der Waals surface area contributed by atoms with E-state index in [4.69, 9.17) is 10.5 Å². The lowest BCUT2D eigenvalue weighted by Gasteiger charge is -2.29. The molecule has 62 valence electrons. The van der Waals surface area contributed by atoms with E-state index in [0.717, 1.165) is 0 Å². The van der Waals surface area contributed by atoms with Gasteiger partial charge in [0.25, 0.3) is 0 Å². The fraction of sp³-hybridized carbons (Fsp3) is 0.600. The van der Waals surface area contributed by atoms with Gasteiger partial charge in [-0.3, -0.25) is 15.2 Å². The van der Waals surface area contributed by atoms with E-state index in [0.29, 0.717) is 13.1 Å². The minimum atomic E-state index is -0.953. The van der Waals surface area contributed by atoms with Crippen molar-refractivity contribution in [1.82, 2.24) is 15.8 Å². The number of carbonyl (C=O) groups is 1. The van der Waals surface area contributed by atoms with Gasteiger partial charge in [0.1, 0.15) is 6.54 Å². The van der Waals surface area contributed by atoms with Crippen LogP contribution in [0.4, 0.5) is 0 Å². The van der Waals surface area contributed by atoms with Crippen molar-refractivity contribution in [2.45, 2.75) is 0 Å². The van der Waals surface area contributed by atoms with Crippen molar-refractivity contribution in [3.8, 4) is 0 Å². The molecule has 4 N–H and O–H groups in total. The summed E-state index contributed by atoms with van der Waals surface area (Å²) in [4.78, 5) is 10.2. The minimum Gasteiger partial charge on any atom is -0.480 e. The summed E-state index contributed by atoms with van der Waals surface area (Å²) in [6, 6.07) is 0. The van der Waals surface area contributed by atoms with E-state index in [9.17, 15) is 4.79 Å². The maximum Gasteiger partial charge on any atom is 0.324 e. The van der Waals surface area contributed by atoms with E-state index < -0.39 is 5.97 Å². The van der Waals surface area contributed by atoms with Crippen molar-refractivity contribution in [3.63, 3.8) is 0 Å². The number of carboxylic acids is 1. The van der Waals surface area contributed by atoms with Crippen molar-refractivity contribution in [1.29, 1.82) is 5.41 Å². The first-order valence-electron chi connectivity index (χ1n) is 3.25. The molecule has 0 aromatic heterocycles. The van der Waals surface area contributed by atoms with Crippen molar-refractivity contribution >= 4 is 11.9 Å². The molecule has 6 heteroatoms. The quantitative estimate of drug-likeness (QED) is 0.389. The maximum absolute atomic E-state index is 10.2. The zero-order chi connectivity index (χ0) is 8.27. The van der Waals surface area contributed by atoms with Crippen molar-refractivity contribution in [3.05, 3.63) is 0 Å². The Morgan fingerprint density at radius 3 is 3.00 bits per heavy atom. The van der Waals surface area contributed by atoms with Gasteiger partial charge in [0.2, 0.25) is 5.96 Å². The van der Waals surface area contributed by atoms with Gasteiger partial charge in [-0.15, -0.1) is 0 Å². The summed E-state index contributed by atoms with van der Waals surface area (Å²) < 4.78 is 0. The monoisotopic (exact) mass is 158 g/mol. The van der Waals surface area contributed by atoms with Crippen LogP contribution in [0.2, 0.25) is 0 Å². The van der Waals surface area contributed by atoms with Crippen molar-refractivity contribution < 1.29 is 9.90 Å². The van der Waals surface area contributed by atoms with Crippen LogP contribution in [0.1, 0.15) is 0 Å². The number of nitrogens with one attached hydrogen (secondary N) is 3. The second kappa shape index (κ2) is 3.20. The third-order valence-electron chi connectivity index (χ3n) is 1.28. The maximum atomic E-state index is 10.2. The van der Waals surface area contributed by atoms with Gasteiger partial charge in [-0.1, -0.05) is 0 Å². The molecule has 0 bridgehead atoms. The minimum absolute atomic E-state index is 0.110. The van der Waals surface area contributed by atoms with Crippen LogP contribution >= 0.6 is 0 Å². The largest absolute Gasteiger partial charge is 0.480 e. The molecule has 0 aliphatic carbocycles. The average Bonchev–Trinajstić information content (AvgIpc) is 1.93. The summed E-state index contributed by atoms with van der Waals surface area (Å²) in [5, 5.41) is 19.6. The van der Waals surface area contributed by atoms with Crippen molar-refractivity contribution in [2.24, 2.45) is 0 Å². The van der Waals surface area contributed by atoms with Crippen LogP contribution in [0.15, 0.2) is 0 Å². The topological polar surface area (TPSA) is 88.5 Å². The molecule has 1 heterocycles. The first-order chi connectivity index (χ1) is 5.20. The zero-order valence-electron chi connectivity index (χ0n) is 5.92. The second-order valence-corrected chi connectivity index (χ2v) is 2.16. The summed E-state index contributed by atoms with van der Waals surface area (Å²) >= 11 is 0. The van der Waals surface area contributed by atoms with Gasteiger partial charge >= 0.3 is 5.97 Å². The number of guanidine groups is 1. The molecule has 11 heavy (non-hydrogen) atoms. The summed E-state index contributed by atoms with van der Waals surface area (Å²) in [5.41, 5.74) is 2.77. The van der Waals surface area contributed by atoms with Crippen LogP contribution in [0, 0.1) is 5.41 Å². The predicted molar refractivity (Wildman–Crippen MR) is 38.1 cm³/mol. The predicted octanol–water partition coefficient (Wildman–Crippen LogP) is -1.58. The lowest BCUT2D eigenvalue weighted by atomic mass is 10.5. The van der Waals surface area contributed by atoms with Gasteiger partial charge in [-0.05, 0) is 0 Å². The lowest BCUT2D eigenvalue weighted by Crippen LogP contribution is -2.57. The number of rotatable bonds is 2. The highest BCUT2D eigenvalue weighted by molar-refractivity contribution is 5.81. The molecule has 0 atom stereocenters. The molecule has 1 aliphatic heterocycles. The highest BCUT2D eigenvalue weighted by Crippen LogP contribution is 1.86. The van der Waals surface area contributed by atoms with Gasteiger partial charge in [-0.2, -0.15) is 0 Å². The summed E-state index contributed by atoms with van der Waals surface area (Å²) in [6.07, 6.45) is 0. The van der Waals surface area contributed by atoms with E-state index in [-0.39, 0.29) is 12.5 Å². The third kappa shape index (κ3) is 2.08. The normalized spacial score (nSPS) is 17.8. The molecule has 0 radical (unpaired) electrons. The fourth-order valence-electron chi connectivity index (χ4n) is 0.816. The first-order valence-corrected chi connectivity index (χ1v) is 3.25. The Bertz CT molecular complexity index is 181. The highest BCUT2D eigenvalue weighted by Gasteiger charge is 2.15. The summed E-state index contributed by atoms with van der Waals surface area (Å²) in [5.74, 6) is -0.843. The molecule has 0 aromatic rings. The van der Waals surface area contributed by atoms with Crippen LogP contribution in [-0.4, -0.2) is 41.7 Å². The molecule has 1 fully saturated rings. The highest BCUT2D eigenvalue weighted by atomic mass is 16.4. The SMILES string of the molecule is N=C1NCCNN1CC(=O)O. The number of nitrogens with zero attached hydrogens (tertiary/aromatic N) is 1. The number of hydrazine groups is 1. The standard InChI is InChI=1S/C5H10N4O2/c6-5-7-1-2-8-9(5)3-4(10)11/h8H,1-3H2,(H2,6,7)(H,10,11). The number of aliphatic carboxylic acids is 1. The van der Waals surface area contributed by atoms with Gasteiger partial charge in [0.05, 0.1) is 0 Å². The van der Waals surface area contributed by atoms with Crippen LogP contribution in [0.5, 0.6) is 0 Å². The Kier molecular flexibility index (Phi) is 2.27. The van der Waals surface area contributed by atoms with E-state index in [1.54, 1.807) is 0 Å². The summed E-state index contributed by atoms with van der Waals surface area (Å²) in [7, 11) is 0. The smallest absolute Gasteiger partial charge is 0.324 e. The number of hydrogen-bond donors (Lipinski definition) is 4. The van der Waals surface area contributed by atoms with Gasteiger partial charge in [0.15, 0.2) is 0 Å². The number of hydrogen-bond acceptors (Lipinski definition) is 3. The zero-order valence-corrected chi connectivity index (χ0v) is 5.92. The van der Waals surface area contributed by atoms with Gasteiger partial charge < -0.3 is 10.4 Å². The van der Waals surface area contributed by atoms with E-state index in [1.165, 1.54) is 5.01 Å². The molecule has 0 amide bonds. The van der Waals surface area contributed by atoms with E-state index in [1.807, 2.05) is 0 Å². The molecule has 0 spiro atoms. The molecule has 1 saturated heterocycles. The van der Waals surface area contributed by atoms with Crippen LogP contribution < -0.4 is 10.7 Å². The Balaban J connectivity index is 2.42. The Labute approximate surface area is 63.7 Å². The molecule has 1 aliphatic rings. The second-order valence-electron chi connectivity index (χ2n) is 2.16. The summed E-state index contributed by atoms with van der Waals surface area (Å²) in [6.45, 7) is 1.12. The fourth-order valence-corrected chi connectivity index (χ4v) is 0.816. The molecule has 0 aromatic carbocycles. The lowest BCUT2D eigenvalue weighted by molar-refractivity contribution is -0.138. The van der Waals surface area contributed by atoms with Crippen LogP contribution in [0.3, 0.4) is 0 Å². The molecular formula is C5H10N4O2. The number of carboxylic acid groups (broad SMARTS) is 1. The first kappa shape index (κ1) is 7.80. The molecular weight excluding hydrogens is 148 g/mol. The Morgan fingerprint density at radius 1 is 1.73 bits per heavy atom. The Hall–Kier alpha value is -1.30. The molecule has 1 rings (SSSR count). The van der Waals surface area contributed by atoms with Crippen LogP contribution in [0.25, 0.3) is 0 Å². The van der Waals surface area contributed by atoms with Gasteiger partial charge in [-0.25, -0.2) is 5.43 Å². The Morgan fingerprint density at radius 2 is 2.45 bits per heavy atom. The third-order valence-corrected chi connectivity index (χ3v) is 1.28. The van der Waals surface area contributed by atoms with Crippen molar-refractivity contribution in [2.75, 3.05) is 19.6 Å². The molecule has 0 saturated carbocycles. The van der Waals surface area contributed by atoms with Gasteiger partial charge in [0, 0.05) is 13.1 Å². The molecule has 0 unspecified atom stereocenters. The average molecular weight is 158 g/mol. The van der Waals surface area contributed by atoms with E-state index in [2.05, 4.69) is 10.7 Å².